The second-order valence-electron chi connectivity index (χ2n) is 3.98. The Bertz CT molecular complexity index is 399. The van der Waals surface area contributed by atoms with Crippen LogP contribution in [0.3, 0.4) is 0 Å². The molecule has 0 aromatic heterocycles. The third kappa shape index (κ3) is 4.64. The van der Waals surface area contributed by atoms with Crippen LogP contribution in [-0.4, -0.2) is 20.3 Å². The topological polar surface area (TPSA) is 68.3 Å². The van der Waals surface area contributed by atoms with Crippen LogP contribution in [0, 0.1) is 11.3 Å². The summed E-state index contributed by atoms with van der Waals surface area (Å²) in [4.78, 5) is 0. The molecular weight excluding hydrogens is 228 g/mol. The van der Waals surface area contributed by atoms with Crippen molar-refractivity contribution in [3.05, 3.63) is 23.8 Å². The Morgan fingerprint density at radius 2 is 2.17 bits per heavy atom. The Morgan fingerprint density at radius 3 is 2.83 bits per heavy atom. The summed E-state index contributed by atoms with van der Waals surface area (Å²) in [7, 11) is 1.64. The lowest BCUT2D eigenvalue weighted by atomic mass is 10.1. The van der Waals surface area contributed by atoms with Gasteiger partial charge in [0.2, 0.25) is 0 Å². The van der Waals surface area contributed by atoms with Crippen LogP contribution in [0.25, 0.3) is 0 Å². The number of nitriles is 1. The number of methoxy groups -OCH3 is 1. The predicted octanol–water partition coefficient (Wildman–Crippen LogP) is 2.27. The second kappa shape index (κ2) is 8.37. The van der Waals surface area contributed by atoms with Crippen LogP contribution < -0.4 is 15.2 Å². The molecule has 2 N–H and O–H groups in total. The first-order valence-electron chi connectivity index (χ1n) is 6.18. The summed E-state index contributed by atoms with van der Waals surface area (Å²) in [5.74, 6) is 1.67. The fourth-order valence-corrected chi connectivity index (χ4v) is 1.66. The zero-order valence-electron chi connectivity index (χ0n) is 10.8. The van der Waals surface area contributed by atoms with Crippen LogP contribution in [0.2, 0.25) is 0 Å². The van der Waals surface area contributed by atoms with Gasteiger partial charge in [-0.25, -0.2) is 0 Å². The van der Waals surface area contributed by atoms with E-state index in [0.717, 1.165) is 36.3 Å². The van der Waals surface area contributed by atoms with E-state index in [4.69, 9.17) is 20.5 Å². The molecule has 0 radical (unpaired) electrons. The molecule has 4 nitrogen and oxygen atoms in total. The van der Waals surface area contributed by atoms with Crippen molar-refractivity contribution >= 4 is 0 Å². The van der Waals surface area contributed by atoms with Crippen molar-refractivity contribution in [2.45, 2.75) is 25.7 Å². The predicted molar refractivity (Wildman–Crippen MR) is 70.7 cm³/mol. The standard InChI is InChI=1S/C14H20N2O2/c1-17-13-5-6-14(12(11-13)7-9-16)18-10-4-2-3-8-15/h5-6,11H,2-4,7,9-10,16H2,1H3. The highest BCUT2D eigenvalue weighted by molar-refractivity contribution is 5.40. The van der Waals surface area contributed by atoms with Gasteiger partial charge in [-0.05, 0) is 49.6 Å². The molecule has 18 heavy (non-hydrogen) atoms. The Balaban J connectivity index is 2.55. The Morgan fingerprint density at radius 1 is 1.33 bits per heavy atom. The van der Waals surface area contributed by atoms with E-state index < -0.39 is 0 Å². The van der Waals surface area contributed by atoms with Crippen LogP contribution >= 0.6 is 0 Å². The van der Waals surface area contributed by atoms with Gasteiger partial charge in [-0.15, -0.1) is 0 Å². The van der Waals surface area contributed by atoms with Gasteiger partial charge in [-0.2, -0.15) is 5.26 Å². The van der Waals surface area contributed by atoms with Crippen molar-refractivity contribution in [1.29, 1.82) is 5.26 Å². The molecule has 0 heterocycles. The minimum atomic E-state index is 0.581. The van der Waals surface area contributed by atoms with E-state index in [0.29, 0.717) is 19.6 Å². The molecule has 0 aliphatic carbocycles. The lowest BCUT2D eigenvalue weighted by Crippen LogP contribution is -2.06. The van der Waals surface area contributed by atoms with Gasteiger partial charge < -0.3 is 15.2 Å². The molecule has 0 spiro atoms. The molecule has 0 amide bonds. The van der Waals surface area contributed by atoms with E-state index in [-0.39, 0.29) is 0 Å². The van der Waals surface area contributed by atoms with Gasteiger partial charge in [-0.1, -0.05) is 0 Å². The monoisotopic (exact) mass is 248 g/mol. The summed E-state index contributed by atoms with van der Waals surface area (Å²) in [6.45, 7) is 1.21. The summed E-state index contributed by atoms with van der Waals surface area (Å²) in [5, 5.41) is 8.44. The Labute approximate surface area is 108 Å². The van der Waals surface area contributed by atoms with E-state index in [2.05, 4.69) is 6.07 Å². The number of unbranched alkanes of at least 4 members (excludes halogenated alkanes) is 2. The summed E-state index contributed by atoms with van der Waals surface area (Å²) >= 11 is 0. The molecule has 0 saturated heterocycles. The van der Waals surface area contributed by atoms with E-state index in [1.54, 1.807) is 7.11 Å². The van der Waals surface area contributed by atoms with Crippen molar-refractivity contribution in [2.75, 3.05) is 20.3 Å². The number of rotatable bonds is 8. The average molecular weight is 248 g/mol. The normalized spacial score (nSPS) is 9.83. The third-order valence-electron chi connectivity index (χ3n) is 2.62. The van der Waals surface area contributed by atoms with Gasteiger partial charge in [0.1, 0.15) is 11.5 Å². The highest BCUT2D eigenvalue weighted by Gasteiger charge is 2.05. The van der Waals surface area contributed by atoms with Gasteiger partial charge in [-0.3, -0.25) is 0 Å². The van der Waals surface area contributed by atoms with Crippen molar-refractivity contribution in [3.63, 3.8) is 0 Å². The van der Waals surface area contributed by atoms with E-state index in [9.17, 15) is 0 Å². The zero-order valence-corrected chi connectivity index (χ0v) is 10.8. The molecule has 0 atom stereocenters. The van der Waals surface area contributed by atoms with E-state index in [1.807, 2.05) is 18.2 Å². The fraction of sp³-hybridized carbons (Fsp3) is 0.500. The molecule has 0 unspecified atom stereocenters. The van der Waals surface area contributed by atoms with Crippen LogP contribution in [0.1, 0.15) is 24.8 Å². The molecule has 4 heteroatoms. The summed E-state index contributed by atoms with van der Waals surface area (Å²) < 4.78 is 10.9. The smallest absolute Gasteiger partial charge is 0.122 e. The fourth-order valence-electron chi connectivity index (χ4n) is 1.66. The maximum absolute atomic E-state index is 8.44. The van der Waals surface area contributed by atoms with Gasteiger partial charge in [0, 0.05) is 6.42 Å². The van der Waals surface area contributed by atoms with Crippen LogP contribution in [0.15, 0.2) is 18.2 Å². The molecule has 0 bridgehead atoms. The lowest BCUT2D eigenvalue weighted by molar-refractivity contribution is 0.303. The van der Waals surface area contributed by atoms with Gasteiger partial charge in [0.15, 0.2) is 0 Å². The minimum Gasteiger partial charge on any atom is -0.497 e. The van der Waals surface area contributed by atoms with E-state index in [1.165, 1.54) is 0 Å². The van der Waals surface area contributed by atoms with Gasteiger partial charge in [0.25, 0.3) is 0 Å². The van der Waals surface area contributed by atoms with Crippen LogP contribution in [0.5, 0.6) is 11.5 Å². The maximum Gasteiger partial charge on any atom is 0.122 e. The number of hydrogen-bond donors (Lipinski definition) is 1. The van der Waals surface area contributed by atoms with Crippen LogP contribution in [0.4, 0.5) is 0 Å². The molecule has 0 saturated carbocycles. The Kier molecular flexibility index (Phi) is 6.67. The number of nitrogens with zero attached hydrogens (tertiary/aromatic N) is 1. The summed E-state index contributed by atoms with van der Waals surface area (Å²) in [6, 6.07) is 7.87. The highest BCUT2D eigenvalue weighted by Crippen LogP contribution is 2.24. The van der Waals surface area contributed by atoms with Crippen molar-refractivity contribution < 1.29 is 9.47 Å². The quantitative estimate of drug-likeness (QED) is 0.716. The van der Waals surface area contributed by atoms with Gasteiger partial charge >= 0.3 is 0 Å². The first-order chi connectivity index (χ1) is 8.81. The maximum atomic E-state index is 8.44. The Hall–Kier alpha value is -1.73. The zero-order chi connectivity index (χ0) is 13.2. The number of hydrogen-bond acceptors (Lipinski definition) is 4. The van der Waals surface area contributed by atoms with Crippen molar-refractivity contribution in [3.8, 4) is 17.6 Å². The molecule has 1 aromatic carbocycles. The molecule has 0 fully saturated rings. The first kappa shape index (κ1) is 14.3. The number of ether oxygens (including phenoxy) is 2. The third-order valence-corrected chi connectivity index (χ3v) is 2.62. The first-order valence-corrected chi connectivity index (χ1v) is 6.18. The largest absolute Gasteiger partial charge is 0.497 e. The molecule has 1 aromatic rings. The minimum absolute atomic E-state index is 0.581. The van der Waals surface area contributed by atoms with Crippen molar-refractivity contribution in [1.82, 2.24) is 0 Å². The number of benzene rings is 1. The highest BCUT2D eigenvalue weighted by atomic mass is 16.5. The molecule has 1 rings (SSSR count). The van der Waals surface area contributed by atoms with E-state index >= 15 is 0 Å². The summed E-state index contributed by atoms with van der Waals surface area (Å²) in [5.41, 5.74) is 6.65. The summed E-state index contributed by atoms with van der Waals surface area (Å²) in [6.07, 6.45) is 3.12. The molecule has 98 valence electrons. The molecule has 0 aliphatic heterocycles. The number of nitrogens with two attached hydrogens (primary N) is 1. The molecule has 0 aliphatic rings. The second-order valence-corrected chi connectivity index (χ2v) is 3.98. The van der Waals surface area contributed by atoms with Crippen LogP contribution in [-0.2, 0) is 6.42 Å². The lowest BCUT2D eigenvalue weighted by Gasteiger charge is -2.12. The molecular formula is C14H20N2O2. The average Bonchev–Trinajstić information content (AvgIpc) is 2.40. The van der Waals surface area contributed by atoms with Crippen molar-refractivity contribution in [2.24, 2.45) is 5.73 Å². The van der Waals surface area contributed by atoms with Gasteiger partial charge in [0.05, 0.1) is 19.8 Å². The SMILES string of the molecule is COc1ccc(OCCCCC#N)c(CCN)c1.